The molecule has 2 aromatic rings. The van der Waals surface area contributed by atoms with Crippen LogP contribution in [-0.4, -0.2) is 21.1 Å². The van der Waals surface area contributed by atoms with E-state index in [1.54, 1.807) is 12.1 Å². The highest BCUT2D eigenvalue weighted by Crippen LogP contribution is 2.42. The van der Waals surface area contributed by atoms with E-state index in [4.69, 9.17) is 10.6 Å². The zero-order valence-corrected chi connectivity index (χ0v) is 19.7. The number of benzene rings is 2. The molecule has 1 heterocycles. The second-order valence-electron chi connectivity index (χ2n) is 9.28. The van der Waals surface area contributed by atoms with Gasteiger partial charge in [-0.15, -0.1) is 5.06 Å². The third-order valence-electron chi connectivity index (χ3n) is 5.69. The molecule has 0 unspecified atom stereocenters. The number of nitrogens with zero attached hydrogens (tertiary/aromatic N) is 2. The summed E-state index contributed by atoms with van der Waals surface area (Å²) in [6, 6.07) is 14.4. The van der Waals surface area contributed by atoms with Gasteiger partial charge in [-0.05, 0) is 89.9 Å². The molecule has 1 fully saturated rings. The number of nitro groups is 1. The molecule has 0 saturated carbocycles. The van der Waals surface area contributed by atoms with Crippen molar-refractivity contribution in [2.45, 2.75) is 69.9 Å². The van der Waals surface area contributed by atoms with Crippen LogP contribution in [0.25, 0.3) is 5.70 Å². The molecule has 2 aromatic carbocycles. The van der Waals surface area contributed by atoms with Crippen molar-refractivity contribution >= 4 is 23.1 Å². The molecule has 31 heavy (non-hydrogen) atoms. The van der Waals surface area contributed by atoms with Gasteiger partial charge in [-0.3, -0.25) is 10.1 Å². The minimum atomic E-state index is -0.416. The maximum Gasteiger partial charge on any atom is 0.269 e. The normalized spacial score (nSPS) is 18.9. The van der Waals surface area contributed by atoms with E-state index >= 15 is 0 Å². The van der Waals surface area contributed by atoms with Crippen LogP contribution >= 0.6 is 11.8 Å². The summed E-state index contributed by atoms with van der Waals surface area (Å²) in [7, 11) is 0. The Kier molecular flexibility index (Phi) is 6.67. The number of hydrogen-bond acceptors (Lipinski definition) is 6. The molecule has 0 aromatic heterocycles. The molecule has 1 saturated heterocycles. The third kappa shape index (κ3) is 5.40. The number of non-ortho nitro benzene ring substituents is 1. The number of piperidine rings is 1. The van der Waals surface area contributed by atoms with Gasteiger partial charge in [0.25, 0.3) is 5.69 Å². The first-order valence-electron chi connectivity index (χ1n) is 10.5. The van der Waals surface area contributed by atoms with E-state index < -0.39 is 4.92 Å². The van der Waals surface area contributed by atoms with Gasteiger partial charge in [-0.1, -0.05) is 17.7 Å². The smallest absolute Gasteiger partial charge is 0.269 e. The first-order valence-corrected chi connectivity index (χ1v) is 11.3. The Bertz CT molecular complexity index is 951. The number of aryl methyl sites for hydroxylation is 1. The van der Waals surface area contributed by atoms with Gasteiger partial charge < -0.3 is 10.6 Å². The summed E-state index contributed by atoms with van der Waals surface area (Å²) < 4.78 is 0. The second-order valence-corrected chi connectivity index (χ2v) is 10.3. The molecule has 6 nitrogen and oxygen atoms in total. The van der Waals surface area contributed by atoms with Crippen LogP contribution in [0.4, 0.5) is 5.69 Å². The maximum atomic E-state index is 11.0. The standard InChI is InChI=1S/C24H31N3O3S/c1-17-7-13-20(14-8-17)31-22(21(25)18-9-11-19(12-10-18)26(28)29)30-27-23(2,3)15-6-16-24(27,4)5/h7-14H,6,15-16,25H2,1-5H3/b22-21-. The lowest BCUT2D eigenvalue weighted by molar-refractivity contribution is -0.384. The van der Waals surface area contributed by atoms with Crippen molar-refractivity contribution in [3.63, 3.8) is 0 Å². The first kappa shape index (κ1) is 23.2. The van der Waals surface area contributed by atoms with Crippen molar-refractivity contribution in [1.29, 1.82) is 0 Å². The van der Waals surface area contributed by atoms with E-state index in [1.807, 2.05) is 19.1 Å². The fraction of sp³-hybridized carbons (Fsp3) is 0.417. The van der Waals surface area contributed by atoms with E-state index in [0.29, 0.717) is 16.4 Å². The molecule has 1 aliphatic heterocycles. The average molecular weight is 442 g/mol. The molecule has 2 N–H and O–H groups in total. The number of rotatable bonds is 6. The maximum absolute atomic E-state index is 11.0. The van der Waals surface area contributed by atoms with Crippen molar-refractivity contribution in [3.05, 3.63) is 74.9 Å². The van der Waals surface area contributed by atoms with Crippen molar-refractivity contribution in [3.8, 4) is 0 Å². The molecule has 7 heteroatoms. The van der Waals surface area contributed by atoms with Gasteiger partial charge in [0.1, 0.15) is 0 Å². The Hall–Kier alpha value is -2.51. The van der Waals surface area contributed by atoms with Crippen LogP contribution in [0.2, 0.25) is 0 Å². The zero-order chi connectivity index (χ0) is 22.8. The minimum Gasteiger partial charge on any atom is -0.395 e. The van der Waals surface area contributed by atoms with E-state index in [1.165, 1.54) is 29.5 Å². The molecule has 0 amide bonds. The predicted molar refractivity (Wildman–Crippen MR) is 126 cm³/mol. The molecule has 166 valence electrons. The van der Waals surface area contributed by atoms with E-state index in [2.05, 4.69) is 44.9 Å². The molecule has 0 radical (unpaired) electrons. The average Bonchev–Trinajstić information content (AvgIpc) is 2.70. The van der Waals surface area contributed by atoms with Crippen LogP contribution in [0.3, 0.4) is 0 Å². The van der Waals surface area contributed by atoms with E-state index in [9.17, 15) is 10.1 Å². The van der Waals surface area contributed by atoms with Crippen LogP contribution in [0.15, 0.2) is 58.5 Å². The molecule has 0 aliphatic carbocycles. The number of nitrogens with two attached hydrogens (primary N) is 1. The topological polar surface area (TPSA) is 81.6 Å². The summed E-state index contributed by atoms with van der Waals surface area (Å²) in [5.74, 6) is 0. The fourth-order valence-electron chi connectivity index (χ4n) is 4.02. The number of nitro benzene ring substituents is 1. The number of hydroxylamine groups is 2. The largest absolute Gasteiger partial charge is 0.395 e. The Labute approximate surface area is 188 Å². The molecule has 1 aliphatic rings. The highest BCUT2D eigenvalue weighted by atomic mass is 32.2. The van der Waals surface area contributed by atoms with Gasteiger partial charge in [0, 0.05) is 22.6 Å². The van der Waals surface area contributed by atoms with Crippen molar-refractivity contribution < 1.29 is 9.76 Å². The van der Waals surface area contributed by atoms with E-state index in [-0.39, 0.29) is 16.8 Å². The molecule has 0 spiro atoms. The highest BCUT2D eigenvalue weighted by molar-refractivity contribution is 8.03. The van der Waals surface area contributed by atoms with Gasteiger partial charge in [0.05, 0.1) is 21.7 Å². The summed E-state index contributed by atoms with van der Waals surface area (Å²) in [5.41, 5.74) is 8.62. The molecule has 0 bridgehead atoms. The van der Waals surface area contributed by atoms with Gasteiger partial charge in [-0.2, -0.15) is 0 Å². The molecule has 3 rings (SSSR count). The Morgan fingerprint density at radius 3 is 2.10 bits per heavy atom. The molecular formula is C24H31N3O3S. The lowest BCUT2D eigenvalue weighted by Crippen LogP contribution is -2.58. The molecular weight excluding hydrogens is 410 g/mol. The Morgan fingerprint density at radius 2 is 1.58 bits per heavy atom. The minimum absolute atomic E-state index is 0.0310. The van der Waals surface area contributed by atoms with Crippen molar-refractivity contribution in [2.24, 2.45) is 5.73 Å². The SMILES string of the molecule is Cc1ccc(S/C(ON2C(C)(C)CCCC2(C)C)=C(\N)c2ccc([N+](=O)[O-])cc2)cc1. The highest BCUT2D eigenvalue weighted by Gasteiger charge is 2.44. The fourth-order valence-corrected chi connectivity index (χ4v) is 4.85. The Morgan fingerprint density at radius 1 is 1.03 bits per heavy atom. The third-order valence-corrected chi connectivity index (χ3v) is 6.68. The van der Waals surface area contributed by atoms with Crippen LogP contribution in [0.1, 0.15) is 58.1 Å². The summed E-state index contributed by atoms with van der Waals surface area (Å²) in [6.07, 6.45) is 3.19. The monoisotopic (exact) mass is 441 g/mol. The van der Waals surface area contributed by atoms with Gasteiger partial charge >= 0.3 is 0 Å². The Balaban J connectivity index is 2.02. The van der Waals surface area contributed by atoms with Gasteiger partial charge in [0.15, 0.2) is 0 Å². The van der Waals surface area contributed by atoms with Crippen molar-refractivity contribution in [1.82, 2.24) is 5.06 Å². The summed E-state index contributed by atoms with van der Waals surface area (Å²) in [5, 5.41) is 13.7. The molecule has 0 atom stereocenters. The van der Waals surface area contributed by atoms with Crippen LogP contribution in [-0.2, 0) is 4.84 Å². The summed E-state index contributed by atoms with van der Waals surface area (Å²) in [4.78, 5) is 18.2. The van der Waals surface area contributed by atoms with Crippen molar-refractivity contribution in [2.75, 3.05) is 0 Å². The lowest BCUT2D eigenvalue weighted by Gasteiger charge is -2.51. The quantitative estimate of drug-likeness (QED) is 0.247. The lowest BCUT2D eigenvalue weighted by atomic mass is 9.82. The van der Waals surface area contributed by atoms with Gasteiger partial charge in [0.2, 0.25) is 5.09 Å². The van der Waals surface area contributed by atoms with Gasteiger partial charge in [-0.25, -0.2) is 0 Å². The number of thioether (sulfide) groups is 1. The summed E-state index contributed by atoms with van der Waals surface area (Å²) >= 11 is 1.46. The van der Waals surface area contributed by atoms with E-state index in [0.717, 1.165) is 24.2 Å². The predicted octanol–water partition coefficient (Wildman–Crippen LogP) is 6.26. The van der Waals surface area contributed by atoms with Crippen LogP contribution < -0.4 is 5.73 Å². The summed E-state index contributed by atoms with van der Waals surface area (Å²) in [6.45, 7) is 10.8. The first-order chi connectivity index (χ1) is 14.5. The second kappa shape index (κ2) is 8.93. The van der Waals surface area contributed by atoms with Crippen LogP contribution in [0, 0.1) is 17.0 Å². The zero-order valence-electron chi connectivity index (χ0n) is 18.8. The van der Waals surface area contributed by atoms with Crippen LogP contribution in [0.5, 0.6) is 0 Å². The number of hydrogen-bond donors (Lipinski definition) is 1.